The molecule has 12 nitrogen and oxygen atoms in total. The summed E-state index contributed by atoms with van der Waals surface area (Å²) in [5, 5.41) is 0. The molecule has 61 heavy (non-hydrogen) atoms. The third kappa shape index (κ3) is 8.98. The number of hydrogen-bond acceptors (Lipinski definition) is 12. The predicted molar refractivity (Wildman–Crippen MR) is 227 cm³/mol. The van der Waals surface area contributed by atoms with Crippen LogP contribution in [0.3, 0.4) is 0 Å². The lowest BCUT2D eigenvalue weighted by Crippen LogP contribution is -2.66. The molecule has 4 saturated carbocycles. The van der Waals surface area contributed by atoms with Gasteiger partial charge >= 0.3 is 29.8 Å². The van der Waals surface area contributed by atoms with E-state index in [2.05, 4.69) is 54.5 Å². The first-order valence-electron chi connectivity index (χ1n) is 22.0. The summed E-state index contributed by atoms with van der Waals surface area (Å²) in [6, 6.07) is 0. The molecule has 0 aromatic heterocycles. The number of hydrogen-bond donors (Lipinski definition) is 0. The topological polar surface area (TPSA) is 150 Å². The van der Waals surface area contributed by atoms with E-state index < -0.39 is 69.9 Å². The molecule has 6 rings (SSSR count). The van der Waals surface area contributed by atoms with Crippen molar-refractivity contribution in [3.05, 3.63) is 11.6 Å². The maximum absolute atomic E-state index is 13.2. The molecule has 0 bridgehead atoms. The fraction of sp³-hybridized carbons (Fsp3) is 0.848. The van der Waals surface area contributed by atoms with Crippen molar-refractivity contribution in [3.8, 4) is 0 Å². The number of halogens is 3. The molecule has 1 heterocycles. The average molecular weight is 918 g/mol. The van der Waals surface area contributed by atoms with Gasteiger partial charge in [-0.25, -0.2) is 4.79 Å². The molecule has 1 saturated heterocycles. The van der Waals surface area contributed by atoms with Crippen LogP contribution in [0.4, 0.5) is 0 Å². The van der Waals surface area contributed by atoms with Gasteiger partial charge in [0.2, 0.25) is 0 Å². The zero-order valence-electron chi connectivity index (χ0n) is 37.8. The number of alkyl halides is 3. The number of carbonyl (C=O) groups excluding carboxylic acids is 5. The van der Waals surface area contributed by atoms with Crippen LogP contribution < -0.4 is 0 Å². The van der Waals surface area contributed by atoms with Crippen molar-refractivity contribution in [2.45, 2.75) is 181 Å². The van der Waals surface area contributed by atoms with Crippen LogP contribution in [0.1, 0.15) is 140 Å². The lowest BCUT2D eigenvalue weighted by atomic mass is 9.33. The minimum atomic E-state index is -2.51. The molecule has 14 atom stereocenters. The summed E-state index contributed by atoms with van der Waals surface area (Å²) in [5.41, 5.74) is 1.36. The molecule has 5 fully saturated rings. The highest BCUT2D eigenvalue weighted by Crippen LogP contribution is 2.76. The minimum absolute atomic E-state index is 0.0158. The normalized spacial score (nSPS) is 42.8. The number of rotatable bonds is 9. The molecule has 15 heteroatoms. The highest BCUT2D eigenvalue weighted by Gasteiger charge is 2.69. The summed E-state index contributed by atoms with van der Waals surface area (Å²) in [4.78, 5) is 62.0. The van der Waals surface area contributed by atoms with Gasteiger partial charge in [-0.2, -0.15) is 0 Å². The van der Waals surface area contributed by atoms with Crippen molar-refractivity contribution in [1.82, 2.24) is 0 Å². The Morgan fingerprint density at radius 1 is 0.721 bits per heavy atom. The second kappa shape index (κ2) is 17.0. The van der Waals surface area contributed by atoms with Crippen LogP contribution >= 0.6 is 34.8 Å². The van der Waals surface area contributed by atoms with Gasteiger partial charge in [0.25, 0.3) is 3.79 Å². The van der Waals surface area contributed by atoms with E-state index in [9.17, 15) is 24.0 Å². The molecule has 344 valence electrons. The van der Waals surface area contributed by atoms with Gasteiger partial charge in [-0.3, -0.25) is 19.2 Å². The van der Waals surface area contributed by atoms with E-state index in [1.807, 2.05) is 0 Å². The van der Waals surface area contributed by atoms with Gasteiger partial charge in [0.15, 0.2) is 24.6 Å². The van der Waals surface area contributed by atoms with Gasteiger partial charge in [-0.05, 0) is 109 Å². The van der Waals surface area contributed by atoms with Crippen molar-refractivity contribution >= 4 is 64.6 Å². The number of carbonyl (C=O) groups is 5. The Morgan fingerprint density at radius 2 is 1.34 bits per heavy atom. The van der Waals surface area contributed by atoms with E-state index >= 15 is 0 Å². The molecule has 0 radical (unpaired) electrons. The van der Waals surface area contributed by atoms with Gasteiger partial charge in [0, 0.05) is 33.1 Å². The highest BCUT2D eigenvalue weighted by molar-refractivity contribution is 6.75. The van der Waals surface area contributed by atoms with Gasteiger partial charge in [0.05, 0.1) is 12.7 Å². The van der Waals surface area contributed by atoms with Crippen molar-refractivity contribution in [2.24, 2.45) is 50.2 Å². The Bertz CT molecular complexity index is 1780. The monoisotopic (exact) mass is 916 g/mol. The quantitative estimate of drug-likeness (QED) is 0.0714. The van der Waals surface area contributed by atoms with Crippen LogP contribution in [0.5, 0.6) is 0 Å². The SMILES string of the molecule is CC(=O)OC[C@H]1O[C@@H](O[C@H]2CC[C@]3(C)[C@H]4CC=C5[C@@H]6C[C@@](C)(COC(C)=O)CC[C@]6(C)CC[C@@]5(C)[C@]4(C)CC[C@H]3C2(C)C)[C@H](OC(=O)C(Cl)(Cl)Cl)[C@@H](OC(C)=O)[C@@H]1OC(C)=O. The smallest absolute Gasteiger partial charge is 0.359 e. The zero-order valence-corrected chi connectivity index (χ0v) is 40.1. The lowest BCUT2D eigenvalue weighted by Gasteiger charge is -2.71. The second-order valence-electron chi connectivity index (χ2n) is 21.1. The first kappa shape index (κ1) is 48.3. The van der Waals surface area contributed by atoms with E-state index in [0.29, 0.717) is 24.9 Å². The fourth-order valence-electron chi connectivity index (χ4n) is 13.5. The first-order chi connectivity index (χ1) is 28.1. The third-order valence-electron chi connectivity index (χ3n) is 16.9. The number of fused-ring (bicyclic) bond motifs is 7. The Labute approximate surface area is 376 Å². The predicted octanol–water partition coefficient (Wildman–Crippen LogP) is 9.17. The maximum atomic E-state index is 13.2. The molecule has 6 aliphatic rings. The maximum Gasteiger partial charge on any atom is 0.359 e. The van der Waals surface area contributed by atoms with E-state index in [1.54, 1.807) is 5.57 Å². The summed E-state index contributed by atoms with van der Waals surface area (Å²) in [6.07, 6.45) is 5.22. The van der Waals surface area contributed by atoms with Gasteiger partial charge in [-0.15, -0.1) is 0 Å². The summed E-state index contributed by atoms with van der Waals surface area (Å²) >= 11 is 17.9. The van der Waals surface area contributed by atoms with Crippen molar-refractivity contribution < 1.29 is 57.1 Å². The summed E-state index contributed by atoms with van der Waals surface area (Å²) in [5.74, 6) is -2.57. The highest BCUT2D eigenvalue weighted by atomic mass is 35.6. The number of allylic oxidation sites excluding steroid dienone is 2. The molecule has 1 aliphatic heterocycles. The third-order valence-corrected chi connectivity index (χ3v) is 17.4. The van der Waals surface area contributed by atoms with E-state index in [1.165, 1.54) is 20.3 Å². The van der Waals surface area contributed by atoms with Crippen LogP contribution in [0.25, 0.3) is 0 Å². The van der Waals surface area contributed by atoms with Crippen LogP contribution in [-0.2, 0) is 57.1 Å². The molecule has 0 aromatic rings. The largest absolute Gasteiger partial charge is 0.465 e. The average Bonchev–Trinajstić information content (AvgIpc) is 3.13. The molecule has 0 aromatic carbocycles. The molecule has 0 amide bonds. The zero-order chi connectivity index (χ0) is 45.3. The number of esters is 5. The van der Waals surface area contributed by atoms with E-state index in [0.717, 1.165) is 65.2 Å². The lowest BCUT2D eigenvalue weighted by molar-refractivity contribution is -0.333. The molecule has 0 unspecified atom stereocenters. The van der Waals surface area contributed by atoms with Crippen LogP contribution in [0.15, 0.2) is 11.6 Å². The first-order valence-corrected chi connectivity index (χ1v) is 23.1. The Morgan fingerprint density at radius 3 is 1.95 bits per heavy atom. The summed E-state index contributed by atoms with van der Waals surface area (Å²) in [6.45, 7) is 21.9. The molecular formula is C46H67Cl3O12. The molecular weight excluding hydrogens is 851 g/mol. The van der Waals surface area contributed by atoms with Crippen molar-refractivity contribution in [1.29, 1.82) is 0 Å². The fourth-order valence-corrected chi connectivity index (χ4v) is 13.6. The van der Waals surface area contributed by atoms with Gasteiger partial charge < -0.3 is 33.2 Å². The molecule has 0 spiro atoms. The van der Waals surface area contributed by atoms with Crippen LogP contribution in [0, 0.1) is 50.2 Å². The Balaban J connectivity index is 1.30. The molecule has 0 N–H and O–H groups in total. The minimum Gasteiger partial charge on any atom is -0.465 e. The summed E-state index contributed by atoms with van der Waals surface area (Å²) < 4.78 is 38.8. The number of ether oxygens (including phenoxy) is 7. The van der Waals surface area contributed by atoms with E-state index in [-0.39, 0.29) is 45.6 Å². The van der Waals surface area contributed by atoms with Gasteiger partial charge in [0.1, 0.15) is 12.7 Å². The Hall–Kier alpha value is -2.12. The van der Waals surface area contributed by atoms with Crippen molar-refractivity contribution in [2.75, 3.05) is 13.2 Å². The van der Waals surface area contributed by atoms with Crippen LogP contribution in [-0.4, -0.2) is 83.7 Å². The van der Waals surface area contributed by atoms with Crippen LogP contribution in [0.2, 0.25) is 0 Å². The van der Waals surface area contributed by atoms with E-state index in [4.69, 9.17) is 68.0 Å². The van der Waals surface area contributed by atoms with Gasteiger partial charge in [-0.1, -0.05) is 94.9 Å². The Kier molecular flexibility index (Phi) is 13.5. The standard InChI is InChI=1S/C46H67Cl3O12/c1-25(50)55-23-31-35(57-27(3)52)36(58-28(4)53)37(61-39(54)46(47,48)49)38(59-31)60-34-15-16-43(9)32(40(34,5)6)14-17-45(11)33(43)13-12-29-30-22-41(7,24-56-26(2)51)18-19-42(30,8)20-21-44(29,45)10/h12,30-38H,13-24H2,1-11H3/t30-,31+,32-,33+,34-,35+,36-,37+,38-,41-,42+,43-,44+,45+/m0/s1. The second-order valence-corrected chi connectivity index (χ2v) is 23.4. The summed E-state index contributed by atoms with van der Waals surface area (Å²) in [7, 11) is 0. The van der Waals surface area contributed by atoms with Crippen molar-refractivity contribution in [3.63, 3.8) is 0 Å². The molecule has 5 aliphatic carbocycles.